The molecule has 4 heteroatoms. The highest BCUT2D eigenvalue weighted by molar-refractivity contribution is 7.74. The first-order valence-electron chi connectivity index (χ1n) is 3.23. The van der Waals surface area contributed by atoms with E-state index in [0.717, 1.165) is 0 Å². The van der Waals surface area contributed by atoms with Gasteiger partial charge in [0.05, 0.1) is 0 Å². The highest BCUT2D eigenvalue weighted by atomic mass is 32.2. The van der Waals surface area contributed by atoms with E-state index < -0.39 is 11.4 Å². The van der Waals surface area contributed by atoms with Crippen molar-refractivity contribution in [3.63, 3.8) is 0 Å². The fourth-order valence-electron chi connectivity index (χ4n) is 0.798. The molecular weight excluding hydrogens is 176 g/mol. The molecule has 0 radical (unpaired) electrons. The normalized spacial score (nSPS) is 12.1. The standard InChI is InChI=1S/C8H8O3S/c1-2-7-5-3-4-6-8(7)11-12(9)10/h2-6H,1H2,(H,9,10)/p-1. The van der Waals surface area contributed by atoms with Gasteiger partial charge in [0.25, 0.3) is 0 Å². The third kappa shape index (κ3) is 2.18. The number of benzene rings is 1. The molecule has 1 aromatic carbocycles. The smallest absolute Gasteiger partial charge is 0.146 e. The molecule has 0 aliphatic heterocycles. The molecule has 1 atom stereocenters. The second kappa shape index (κ2) is 4.04. The van der Waals surface area contributed by atoms with Crippen molar-refractivity contribution in [2.24, 2.45) is 0 Å². The van der Waals surface area contributed by atoms with Crippen molar-refractivity contribution < 1.29 is 12.9 Å². The van der Waals surface area contributed by atoms with Crippen molar-refractivity contribution in [2.75, 3.05) is 0 Å². The van der Waals surface area contributed by atoms with Gasteiger partial charge in [0.1, 0.15) is 17.1 Å². The molecule has 0 amide bonds. The minimum atomic E-state index is -2.53. The van der Waals surface area contributed by atoms with Crippen molar-refractivity contribution in [1.29, 1.82) is 0 Å². The largest absolute Gasteiger partial charge is 0.740 e. The first-order valence-corrected chi connectivity index (χ1v) is 4.23. The number of rotatable bonds is 3. The van der Waals surface area contributed by atoms with E-state index in [2.05, 4.69) is 10.8 Å². The van der Waals surface area contributed by atoms with E-state index in [9.17, 15) is 8.76 Å². The van der Waals surface area contributed by atoms with E-state index in [0.29, 0.717) is 11.3 Å². The Kier molecular flexibility index (Phi) is 3.01. The lowest BCUT2D eigenvalue weighted by Gasteiger charge is -2.08. The van der Waals surface area contributed by atoms with Gasteiger partial charge in [-0.1, -0.05) is 30.9 Å². The van der Waals surface area contributed by atoms with Crippen LogP contribution in [0.15, 0.2) is 30.8 Å². The summed E-state index contributed by atoms with van der Waals surface area (Å²) in [7, 11) is 0. The lowest BCUT2D eigenvalue weighted by molar-refractivity contribution is 0.440. The quantitative estimate of drug-likeness (QED) is 0.667. The summed E-state index contributed by atoms with van der Waals surface area (Å²) in [6, 6.07) is 6.74. The van der Waals surface area contributed by atoms with Crippen molar-refractivity contribution >= 4 is 17.4 Å². The molecule has 3 nitrogen and oxygen atoms in total. The molecule has 0 saturated carbocycles. The zero-order valence-electron chi connectivity index (χ0n) is 6.23. The Labute approximate surface area is 73.2 Å². The third-order valence-electron chi connectivity index (χ3n) is 1.30. The van der Waals surface area contributed by atoms with Gasteiger partial charge >= 0.3 is 0 Å². The van der Waals surface area contributed by atoms with E-state index >= 15 is 0 Å². The molecule has 0 aliphatic carbocycles. The van der Waals surface area contributed by atoms with Crippen LogP contribution in [0.1, 0.15) is 5.56 Å². The molecule has 12 heavy (non-hydrogen) atoms. The summed E-state index contributed by atoms with van der Waals surface area (Å²) >= 11 is -2.53. The summed E-state index contributed by atoms with van der Waals surface area (Å²) < 4.78 is 24.8. The SMILES string of the molecule is C=Cc1ccccc1OS(=O)[O-]. The first-order chi connectivity index (χ1) is 5.74. The van der Waals surface area contributed by atoms with Crippen LogP contribution in [0.3, 0.4) is 0 Å². The summed E-state index contributed by atoms with van der Waals surface area (Å²) in [6.07, 6.45) is 1.53. The second-order valence-corrected chi connectivity index (χ2v) is 2.60. The summed E-state index contributed by atoms with van der Waals surface area (Å²) in [5, 5.41) is 0. The molecule has 0 spiro atoms. The van der Waals surface area contributed by atoms with Crippen LogP contribution in [0.25, 0.3) is 6.08 Å². The van der Waals surface area contributed by atoms with E-state index in [1.165, 1.54) is 6.08 Å². The topological polar surface area (TPSA) is 49.4 Å². The Morgan fingerprint density at radius 1 is 1.50 bits per heavy atom. The molecule has 0 saturated heterocycles. The molecule has 1 aromatic rings. The average molecular weight is 183 g/mol. The van der Waals surface area contributed by atoms with Crippen molar-refractivity contribution in [2.45, 2.75) is 0 Å². The van der Waals surface area contributed by atoms with Crippen LogP contribution in [0.4, 0.5) is 0 Å². The highest BCUT2D eigenvalue weighted by Crippen LogP contribution is 2.18. The Balaban J connectivity index is 2.96. The molecule has 0 heterocycles. The van der Waals surface area contributed by atoms with Crippen molar-refractivity contribution in [3.05, 3.63) is 36.4 Å². The molecule has 64 valence electrons. The number of hydrogen-bond acceptors (Lipinski definition) is 3. The average Bonchev–Trinajstić information content (AvgIpc) is 2.04. The Morgan fingerprint density at radius 3 is 2.75 bits per heavy atom. The van der Waals surface area contributed by atoms with Gasteiger partial charge in [-0.3, -0.25) is 0 Å². The fourth-order valence-corrected chi connectivity index (χ4v) is 1.10. The molecular formula is C8H7O3S-. The summed E-state index contributed by atoms with van der Waals surface area (Å²) in [4.78, 5) is 0. The molecule has 0 N–H and O–H groups in total. The maximum absolute atomic E-state index is 10.2. The monoisotopic (exact) mass is 183 g/mol. The minimum absolute atomic E-state index is 0.292. The van der Waals surface area contributed by atoms with Gasteiger partial charge in [-0.2, -0.15) is 0 Å². The van der Waals surface area contributed by atoms with Crippen LogP contribution >= 0.6 is 0 Å². The minimum Gasteiger partial charge on any atom is -0.740 e. The van der Waals surface area contributed by atoms with Crippen molar-refractivity contribution in [3.8, 4) is 5.75 Å². The predicted molar refractivity (Wildman–Crippen MR) is 46.1 cm³/mol. The molecule has 1 unspecified atom stereocenters. The van der Waals surface area contributed by atoms with E-state index in [-0.39, 0.29) is 0 Å². The van der Waals surface area contributed by atoms with Gasteiger partial charge in [-0.15, -0.1) is 0 Å². The molecule has 1 rings (SSSR count). The van der Waals surface area contributed by atoms with Gasteiger partial charge in [-0.25, -0.2) is 4.21 Å². The van der Waals surface area contributed by atoms with Gasteiger partial charge in [0.15, 0.2) is 0 Å². The lowest BCUT2D eigenvalue weighted by Crippen LogP contribution is -1.98. The van der Waals surface area contributed by atoms with Gasteiger partial charge < -0.3 is 8.74 Å². The van der Waals surface area contributed by atoms with Gasteiger partial charge in [-0.05, 0) is 6.07 Å². The summed E-state index contributed by atoms with van der Waals surface area (Å²) in [5.41, 5.74) is 0.654. The van der Waals surface area contributed by atoms with Crippen molar-refractivity contribution in [1.82, 2.24) is 0 Å². The van der Waals surface area contributed by atoms with Crippen LogP contribution in [0, 0.1) is 0 Å². The maximum atomic E-state index is 10.2. The molecule has 0 bridgehead atoms. The van der Waals surface area contributed by atoms with Gasteiger partial charge in [0, 0.05) is 5.56 Å². The van der Waals surface area contributed by atoms with Gasteiger partial charge in [0.2, 0.25) is 0 Å². The van der Waals surface area contributed by atoms with Crippen LogP contribution in [-0.2, 0) is 11.4 Å². The van der Waals surface area contributed by atoms with Crippen LogP contribution in [0.2, 0.25) is 0 Å². The van der Waals surface area contributed by atoms with E-state index in [1.54, 1.807) is 24.3 Å². The summed E-state index contributed by atoms with van der Waals surface area (Å²) in [5.74, 6) is 0.292. The maximum Gasteiger partial charge on any atom is 0.146 e. The Morgan fingerprint density at radius 2 is 2.17 bits per heavy atom. The third-order valence-corrected chi connectivity index (χ3v) is 1.61. The molecule has 0 aromatic heterocycles. The Bertz CT molecular complexity index is 309. The number of hydrogen-bond donors (Lipinski definition) is 0. The van der Waals surface area contributed by atoms with Crippen LogP contribution in [0.5, 0.6) is 5.75 Å². The highest BCUT2D eigenvalue weighted by Gasteiger charge is 1.97. The number of para-hydroxylation sites is 1. The zero-order chi connectivity index (χ0) is 8.97. The molecule has 0 aliphatic rings. The fraction of sp³-hybridized carbons (Fsp3) is 0. The predicted octanol–water partition coefficient (Wildman–Crippen LogP) is 1.50. The summed E-state index contributed by atoms with van der Waals surface area (Å²) in [6.45, 7) is 3.52. The van der Waals surface area contributed by atoms with Crippen LogP contribution in [-0.4, -0.2) is 8.76 Å². The lowest BCUT2D eigenvalue weighted by atomic mass is 10.2. The Hall–Kier alpha value is -1.13. The van der Waals surface area contributed by atoms with Crippen LogP contribution < -0.4 is 4.18 Å². The first kappa shape index (κ1) is 8.96. The van der Waals surface area contributed by atoms with E-state index in [4.69, 9.17) is 0 Å². The molecule has 0 fully saturated rings. The second-order valence-electron chi connectivity index (χ2n) is 2.03. The zero-order valence-corrected chi connectivity index (χ0v) is 7.04. The van der Waals surface area contributed by atoms with E-state index in [1.807, 2.05) is 0 Å².